The van der Waals surface area contributed by atoms with Crippen molar-refractivity contribution in [2.24, 2.45) is 5.73 Å². The van der Waals surface area contributed by atoms with Gasteiger partial charge in [-0.2, -0.15) is 0 Å². The predicted molar refractivity (Wildman–Crippen MR) is 70.7 cm³/mol. The minimum absolute atomic E-state index is 0.217. The first-order valence-electron chi connectivity index (χ1n) is 6.29. The largest absolute Gasteiger partial charge is 0.343 e. The molecule has 0 saturated heterocycles. The van der Waals surface area contributed by atoms with Crippen molar-refractivity contribution < 1.29 is 4.79 Å². The van der Waals surface area contributed by atoms with Crippen molar-refractivity contribution in [2.45, 2.75) is 26.2 Å². The van der Waals surface area contributed by atoms with E-state index in [2.05, 4.69) is 12.1 Å². The van der Waals surface area contributed by atoms with Gasteiger partial charge in [0.15, 0.2) is 0 Å². The molecule has 0 aliphatic heterocycles. The van der Waals surface area contributed by atoms with E-state index in [1.807, 2.05) is 30.0 Å². The number of rotatable bonds is 7. The van der Waals surface area contributed by atoms with Gasteiger partial charge in [-0.15, -0.1) is 0 Å². The molecule has 0 bridgehead atoms. The monoisotopic (exact) mass is 234 g/mol. The molecule has 3 nitrogen and oxygen atoms in total. The third-order valence-electron chi connectivity index (χ3n) is 2.84. The zero-order chi connectivity index (χ0) is 12.5. The normalized spacial score (nSPS) is 10.2. The molecule has 0 aromatic heterocycles. The maximum absolute atomic E-state index is 11.8. The molecule has 0 spiro atoms. The molecule has 3 heteroatoms. The van der Waals surface area contributed by atoms with Crippen LogP contribution in [0.4, 0.5) is 0 Å². The molecular formula is C14H22N2O. The van der Waals surface area contributed by atoms with Crippen molar-refractivity contribution in [3.8, 4) is 0 Å². The molecule has 1 aromatic carbocycles. The molecule has 0 saturated carbocycles. The van der Waals surface area contributed by atoms with E-state index < -0.39 is 0 Å². The van der Waals surface area contributed by atoms with Gasteiger partial charge in [0.25, 0.3) is 0 Å². The van der Waals surface area contributed by atoms with Crippen LogP contribution in [0.2, 0.25) is 0 Å². The van der Waals surface area contributed by atoms with Crippen LogP contribution in [0.25, 0.3) is 0 Å². The first-order chi connectivity index (χ1) is 8.27. The van der Waals surface area contributed by atoms with Gasteiger partial charge in [-0.05, 0) is 31.9 Å². The lowest BCUT2D eigenvalue weighted by Crippen LogP contribution is -2.32. The van der Waals surface area contributed by atoms with E-state index in [4.69, 9.17) is 5.73 Å². The highest BCUT2D eigenvalue weighted by molar-refractivity contribution is 5.76. The summed E-state index contributed by atoms with van der Waals surface area (Å²) in [5.74, 6) is 0.217. The smallest absolute Gasteiger partial charge is 0.222 e. The zero-order valence-electron chi connectivity index (χ0n) is 10.6. The molecule has 0 aliphatic carbocycles. The highest BCUT2D eigenvalue weighted by atomic mass is 16.2. The summed E-state index contributed by atoms with van der Waals surface area (Å²) < 4.78 is 0. The molecule has 0 atom stereocenters. The minimum atomic E-state index is 0.217. The zero-order valence-corrected chi connectivity index (χ0v) is 10.6. The van der Waals surface area contributed by atoms with Crippen molar-refractivity contribution in [3.63, 3.8) is 0 Å². The fourth-order valence-electron chi connectivity index (χ4n) is 1.78. The maximum atomic E-state index is 11.8. The second kappa shape index (κ2) is 7.85. The molecule has 0 heterocycles. The average Bonchev–Trinajstić information content (AvgIpc) is 2.38. The Balaban J connectivity index is 2.39. The summed E-state index contributed by atoms with van der Waals surface area (Å²) >= 11 is 0. The Labute approximate surface area is 104 Å². The van der Waals surface area contributed by atoms with Gasteiger partial charge >= 0.3 is 0 Å². The number of carbonyl (C=O) groups is 1. The van der Waals surface area contributed by atoms with Gasteiger partial charge in [0, 0.05) is 19.5 Å². The summed E-state index contributed by atoms with van der Waals surface area (Å²) in [5, 5.41) is 0. The molecule has 0 radical (unpaired) electrons. The number of likely N-dealkylation sites (N-methyl/N-ethyl adjacent to an activating group) is 1. The van der Waals surface area contributed by atoms with E-state index in [0.717, 1.165) is 25.9 Å². The van der Waals surface area contributed by atoms with Crippen molar-refractivity contribution >= 4 is 5.91 Å². The lowest BCUT2D eigenvalue weighted by molar-refractivity contribution is -0.131. The van der Waals surface area contributed by atoms with Crippen molar-refractivity contribution in [2.75, 3.05) is 19.6 Å². The van der Waals surface area contributed by atoms with Crippen LogP contribution >= 0.6 is 0 Å². The van der Waals surface area contributed by atoms with Gasteiger partial charge in [-0.1, -0.05) is 30.3 Å². The van der Waals surface area contributed by atoms with Gasteiger partial charge in [-0.3, -0.25) is 4.79 Å². The van der Waals surface area contributed by atoms with Crippen LogP contribution in [0.3, 0.4) is 0 Å². The predicted octanol–water partition coefficient (Wildman–Crippen LogP) is 1.82. The minimum Gasteiger partial charge on any atom is -0.343 e. The summed E-state index contributed by atoms with van der Waals surface area (Å²) in [6.45, 7) is 4.17. The standard InChI is InChI=1S/C14H22N2O/c1-2-16(14(17)9-6-11-15)12-10-13-7-4-3-5-8-13/h3-5,7-8H,2,6,9-12,15H2,1H3. The van der Waals surface area contributed by atoms with Crippen LogP contribution in [0.15, 0.2) is 30.3 Å². The van der Waals surface area contributed by atoms with Crippen molar-refractivity contribution in [3.05, 3.63) is 35.9 Å². The number of amides is 1. The summed E-state index contributed by atoms with van der Waals surface area (Å²) in [6.07, 6.45) is 2.27. The lowest BCUT2D eigenvalue weighted by Gasteiger charge is -2.20. The van der Waals surface area contributed by atoms with Crippen LogP contribution in [-0.4, -0.2) is 30.4 Å². The second-order valence-electron chi connectivity index (χ2n) is 4.10. The number of hydrogen-bond acceptors (Lipinski definition) is 2. The first kappa shape index (κ1) is 13.7. The summed E-state index contributed by atoms with van der Waals surface area (Å²) in [6, 6.07) is 10.3. The van der Waals surface area contributed by atoms with E-state index in [1.165, 1.54) is 5.56 Å². The highest BCUT2D eigenvalue weighted by Crippen LogP contribution is 2.03. The van der Waals surface area contributed by atoms with Crippen molar-refractivity contribution in [1.29, 1.82) is 0 Å². The molecule has 0 unspecified atom stereocenters. The Morgan fingerprint density at radius 1 is 1.29 bits per heavy atom. The van der Waals surface area contributed by atoms with Gasteiger partial charge in [0.1, 0.15) is 0 Å². The fourth-order valence-corrected chi connectivity index (χ4v) is 1.78. The molecule has 17 heavy (non-hydrogen) atoms. The molecule has 0 fully saturated rings. The van der Waals surface area contributed by atoms with Crippen molar-refractivity contribution in [1.82, 2.24) is 4.90 Å². The van der Waals surface area contributed by atoms with Gasteiger partial charge in [0.05, 0.1) is 0 Å². The summed E-state index contributed by atoms with van der Waals surface area (Å²) in [7, 11) is 0. The molecule has 2 N–H and O–H groups in total. The number of hydrogen-bond donors (Lipinski definition) is 1. The third kappa shape index (κ3) is 5.00. The van der Waals surface area contributed by atoms with Gasteiger partial charge in [-0.25, -0.2) is 0 Å². The summed E-state index contributed by atoms with van der Waals surface area (Å²) in [4.78, 5) is 13.7. The Morgan fingerprint density at radius 2 is 2.00 bits per heavy atom. The average molecular weight is 234 g/mol. The number of nitrogens with two attached hydrogens (primary N) is 1. The highest BCUT2D eigenvalue weighted by Gasteiger charge is 2.10. The Hall–Kier alpha value is -1.35. The van der Waals surface area contributed by atoms with Crippen LogP contribution in [0, 0.1) is 0 Å². The van der Waals surface area contributed by atoms with E-state index in [-0.39, 0.29) is 5.91 Å². The molecule has 1 amide bonds. The lowest BCUT2D eigenvalue weighted by atomic mass is 10.1. The summed E-state index contributed by atoms with van der Waals surface area (Å²) in [5.41, 5.74) is 6.69. The quantitative estimate of drug-likeness (QED) is 0.782. The van der Waals surface area contributed by atoms with Gasteiger partial charge in [0.2, 0.25) is 5.91 Å². The number of carbonyl (C=O) groups excluding carboxylic acids is 1. The van der Waals surface area contributed by atoms with E-state index >= 15 is 0 Å². The number of benzene rings is 1. The molecule has 0 aliphatic rings. The Kier molecular flexibility index (Phi) is 6.33. The van der Waals surface area contributed by atoms with Crippen LogP contribution in [0.5, 0.6) is 0 Å². The van der Waals surface area contributed by atoms with Gasteiger partial charge < -0.3 is 10.6 Å². The van der Waals surface area contributed by atoms with Crippen LogP contribution < -0.4 is 5.73 Å². The fraction of sp³-hybridized carbons (Fsp3) is 0.500. The van der Waals surface area contributed by atoms with Crippen LogP contribution in [0.1, 0.15) is 25.3 Å². The van der Waals surface area contributed by atoms with E-state index in [1.54, 1.807) is 0 Å². The Bertz CT molecular complexity index is 324. The topological polar surface area (TPSA) is 46.3 Å². The maximum Gasteiger partial charge on any atom is 0.222 e. The SMILES string of the molecule is CCN(CCc1ccccc1)C(=O)CCCN. The van der Waals surface area contributed by atoms with Crippen LogP contribution in [-0.2, 0) is 11.2 Å². The molecule has 94 valence electrons. The Morgan fingerprint density at radius 3 is 2.59 bits per heavy atom. The van der Waals surface area contributed by atoms with E-state index in [9.17, 15) is 4.79 Å². The third-order valence-corrected chi connectivity index (χ3v) is 2.84. The molecule has 1 aromatic rings. The second-order valence-corrected chi connectivity index (χ2v) is 4.10. The molecule has 1 rings (SSSR count). The number of nitrogens with zero attached hydrogens (tertiary/aromatic N) is 1. The molecular weight excluding hydrogens is 212 g/mol. The van der Waals surface area contributed by atoms with E-state index in [0.29, 0.717) is 13.0 Å². The first-order valence-corrected chi connectivity index (χ1v) is 6.29.